The molecule has 1 heterocycles. The molecule has 0 aliphatic heterocycles. The summed E-state index contributed by atoms with van der Waals surface area (Å²) >= 11 is 0. The molecule has 14 heteroatoms. The van der Waals surface area contributed by atoms with Gasteiger partial charge in [0.15, 0.2) is 6.10 Å². The Bertz CT molecular complexity index is 1550. The Kier molecular flexibility index (Phi) is 27.3. The number of carbonyl (C=O) groups is 3. The van der Waals surface area contributed by atoms with Crippen LogP contribution in [0.5, 0.6) is 0 Å². The number of likely N-dealkylation sites (N-methyl/N-ethyl adjacent to an activating group) is 1. The van der Waals surface area contributed by atoms with Crippen LogP contribution in [0.1, 0.15) is 158 Å². The van der Waals surface area contributed by atoms with Crippen molar-refractivity contribution in [3.8, 4) is 0 Å². The van der Waals surface area contributed by atoms with E-state index in [4.69, 9.17) is 22.9 Å². The fraction of sp³-hybridized carbons (Fsp3) is 0.771. The molecule has 1 aromatic heterocycles. The van der Waals surface area contributed by atoms with Crippen LogP contribution in [0.4, 0.5) is 0 Å². The van der Waals surface area contributed by atoms with Crippen LogP contribution in [0.3, 0.4) is 0 Å². The van der Waals surface area contributed by atoms with Crippen molar-refractivity contribution in [2.75, 3.05) is 47.5 Å². The highest BCUT2D eigenvalue weighted by molar-refractivity contribution is 7.47. The molecule has 6 atom stereocenters. The SMILES string of the molecule is CCCCC[C@H](O)/C=C/[C@H]1C(=O)C[C@H](O)[C@@H]1C/C=C\CCCC(=O)O[C@H](COC(=O)CCCCCCCCCCc1oc(CCC)c(C)c1C)COP(=O)(O)OCC[N+](C)(C)C. The summed E-state index contributed by atoms with van der Waals surface area (Å²) in [6.07, 6.45) is 21.6. The van der Waals surface area contributed by atoms with E-state index in [1.54, 1.807) is 12.2 Å². The lowest BCUT2D eigenvalue weighted by atomic mass is 9.90. The average molecular weight is 897 g/mol. The number of ketones is 1. The van der Waals surface area contributed by atoms with Crippen molar-refractivity contribution in [3.63, 3.8) is 0 Å². The maximum Gasteiger partial charge on any atom is 0.472 e. The zero-order valence-electron chi connectivity index (χ0n) is 39.3. The van der Waals surface area contributed by atoms with Crippen molar-refractivity contribution in [2.45, 2.75) is 181 Å². The van der Waals surface area contributed by atoms with Gasteiger partial charge in [0.2, 0.25) is 0 Å². The number of phosphoric acid groups is 1. The van der Waals surface area contributed by atoms with Crippen LogP contribution in [0.2, 0.25) is 0 Å². The molecule has 2 rings (SSSR count). The number of aliphatic hydroxyl groups excluding tert-OH is 2. The van der Waals surface area contributed by atoms with Crippen LogP contribution >= 0.6 is 7.82 Å². The van der Waals surface area contributed by atoms with Gasteiger partial charge in [-0.25, -0.2) is 4.57 Å². The molecule has 0 aromatic carbocycles. The Balaban J connectivity index is 1.75. The molecule has 1 aliphatic carbocycles. The molecule has 62 heavy (non-hydrogen) atoms. The monoisotopic (exact) mass is 897 g/mol. The van der Waals surface area contributed by atoms with Gasteiger partial charge >= 0.3 is 19.8 Å². The van der Waals surface area contributed by atoms with E-state index in [0.717, 1.165) is 88.6 Å². The van der Waals surface area contributed by atoms with Gasteiger partial charge in [0.25, 0.3) is 0 Å². The smallest absolute Gasteiger partial charge is 0.466 e. The second kappa shape index (κ2) is 30.5. The molecular formula is C48H83NO12P+. The number of furan rings is 1. The van der Waals surface area contributed by atoms with Crippen LogP contribution in [0.25, 0.3) is 0 Å². The predicted octanol–water partition coefficient (Wildman–Crippen LogP) is 9.38. The minimum absolute atomic E-state index is 0.0228. The summed E-state index contributed by atoms with van der Waals surface area (Å²) in [5, 5.41) is 20.8. The van der Waals surface area contributed by atoms with Crippen molar-refractivity contribution in [1.29, 1.82) is 0 Å². The summed E-state index contributed by atoms with van der Waals surface area (Å²) in [6.45, 7) is 8.21. The van der Waals surface area contributed by atoms with Gasteiger partial charge in [-0.2, -0.15) is 0 Å². The third-order valence-electron chi connectivity index (χ3n) is 11.5. The number of rotatable bonds is 35. The van der Waals surface area contributed by atoms with E-state index >= 15 is 0 Å². The number of carbonyl (C=O) groups excluding carboxylic acids is 3. The fourth-order valence-corrected chi connectivity index (χ4v) is 8.25. The lowest BCUT2D eigenvalue weighted by molar-refractivity contribution is -0.870. The zero-order chi connectivity index (χ0) is 46.0. The number of hydrogen-bond donors (Lipinski definition) is 3. The number of phosphoric ester groups is 1. The maximum atomic E-state index is 12.8. The van der Waals surface area contributed by atoms with Crippen LogP contribution in [-0.4, -0.2) is 103 Å². The van der Waals surface area contributed by atoms with E-state index in [0.29, 0.717) is 43.1 Å². The number of Topliss-reactive ketones (excluding diaryl/α,β-unsaturated/α-hetero) is 1. The highest BCUT2D eigenvalue weighted by Gasteiger charge is 2.39. The third kappa shape index (κ3) is 23.9. The van der Waals surface area contributed by atoms with Gasteiger partial charge in [0.1, 0.15) is 37.1 Å². The summed E-state index contributed by atoms with van der Waals surface area (Å²) in [5.41, 5.74) is 2.60. The Hall–Kier alpha value is -2.64. The number of hydrogen-bond acceptors (Lipinski definition) is 11. The summed E-state index contributed by atoms with van der Waals surface area (Å²) < 4.78 is 40.4. The highest BCUT2D eigenvalue weighted by Crippen LogP contribution is 2.43. The van der Waals surface area contributed by atoms with Gasteiger partial charge in [-0.3, -0.25) is 23.4 Å². The minimum Gasteiger partial charge on any atom is -0.466 e. The van der Waals surface area contributed by atoms with Crippen LogP contribution in [0, 0.1) is 25.7 Å². The number of unbranched alkanes of at least 4 members (excludes halogenated alkanes) is 10. The number of ether oxygens (including phenoxy) is 2. The first-order valence-corrected chi connectivity index (χ1v) is 25.0. The number of esters is 2. The van der Waals surface area contributed by atoms with Gasteiger partial charge in [-0.1, -0.05) is 95.9 Å². The molecular weight excluding hydrogens is 813 g/mol. The van der Waals surface area contributed by atoms with E-state index in [1.165, 1.54) is 17.5 Å². The summed E-state index contributed by atoms with van der Waals surface area (Å²) in [5.74, 6) is 0.486. The Morgan fingerprint density at radius 3 is 2.15 bits per heavy atom. The number of nitrogens with zero attached hydrogens (tertiary/aromatic N) is 1. The molecule has 1 aliphatic rings. The number of allylic oxidation sites excluding steroid dienone is 3. The van der Waals surface area contributed by atoms with E-state index in [2.05, 4.69) is 27.7 Å². The van der Waals surface area contributed by atoms with Crippen LogP contribution in [0.15, 0.2) is 28.7 Å². The molecule has 1 saturated carbocycles. The van der Waals surface area contributed by atoms with Crippen molar-refractivity contribution < 1.29 is 61.5 Å². The summed E-state index contributed by atoms with van der Waals surface area (Å²) in [4.78, 5) is 48.3. The van der Waals surface area contributed by atoms with Gasteiger partial charge in [-0.15, -0.1) is 0 Å². The second-order valence-corrected chi connectivity index (χ2v) is 19.6. The van der Waals surface area contributed by atoms with Crippen LogP contribution < -0.4 is 0 Å². The average Bonchev–Trinajstić information content (AvgIpc) is 3.63. The topological polar surface area (TPSA) is 179 Å². The Morgan fingerprint density at radius 2 is 1.48 bits per heavy atom. The molecule has 1 fully saturated rings. The zero-order valence-corrected chi connectivity index (χ0v) is 40.2. The lowest BCUT2D eigenvalue weighted by Gasteiger charge is -2.24. The van der Waals surface area contributed by atoms with Crippen molar-refractivity contribution in [3.05, 3.63) is 47.0 Å². The molecule has 1 unspecified atom stereocenters. The second-order valence-electron chi connectivity index (χ2n) is 18.2. The Labute approximate surface area is 373 Å². The largest absolute Gasteiger partial charge is 0.472 e. The molecule has 0 bridgehead atoms. The molecule has 3 N–H and O–H groups in total. The van der Waals surface area contributed by atoms with E-state index < -0.39 is 50.6 Å². The first kappa shape index (κ1) is 55.5. The number of quaternary nitrogens is 1. The maximum absolute atomic E-state index is 12.8. The number of aryl methyl sites for hydroxylation is 2. The first-order chi connectivity index (χ1) is 29.5. The third-order valence-corrected chi connectivity index (χ3v) is 12.5. The predicted molar refractivity (Wildman–Crippen MR) is 242 cm³/mol. The van der Waals surface area contributed by atoms with Gasteiger partial charge in [0, 0.05) is 43.9 Å². The van der Waals surface area contributed by atoms with Crippen molar-refractivity contribution in [1.82, 2.24) is 0 Å². The highest BCUT2D eigenvalue weighted by atomic mass is 31.2. The standard InChI is InChI=1S/C48H82NO12P/c1-8-10-19-25-39(50)30-31-42-41(43(51)34-44(42)52)26-20-17-18-23-29-48(54)60-40(36-59-62(55,56)58-33-32-49(5,6)7)35-57-47(53)28-22-16-14-12-11-13-15-21-27-46-38(4)37(3)45(61-46)24-9-2/h17,20,30-31,39-43,50-51H,8-16,18-19,21-29,32-36H2,1-7H3/p+1/b20-17-,31-30+/t39-,40+,41+,42+,43-/m0/s1. The molecule has 1 aromatic rings. The lowest BCUT2D eigenvalue weighted by Crippen LogP contribution is -2.37. The van der Waals surface area contributed by atoms with Gasteiger partial charge < -0.3 is 33.5 Å². The quantitative estimate of drug-likeness (QED) is 0.0194. The minimum atomic E-state index is -4.46. The first-order valence-electron chi connectivity index (χ1n) is 23.5. The van der Waals surface area contributed by atoms with Crippen molar-refractivity contribution in [2.24, 2.45) is 11.8 Å². The molecule has 0 saturated heterocycles. The Morgan fingerprint density at radius 1 is 0.839 bits per heavy atom. The molecule has 13 nitrogen and oxygen atoms in total. The normalized spacial score (nSPS) is 19.1. The number of aliphatic hydroxyl groups is 2. The molecule has 0 amide bonds. The van der Waals surface area contributed by atoms with Gasteiger partial charge in [0.05, 0.1) is 40.0 Å². The molecule has 356 valence electrons. The summed E-state index contributed by atoms with van der Waals surface area (Å²) in [7, 11) is 1.29. The van der Waals surface area contributed by atoms with Crippen LogP contribution in [-0.2, 0) is 50.3 Å². The van der Waals surface area contributed by atoms with Crippen molar-refractivity contribution >= 4 is 25.5 Å². The fourth-order valence-electron chi connectivity index (χ4n) is 7.51. The van der Waals surface area contributed by atoms with E-state index in [-0.39, 0.29) is 44.2 Å². The summed E-state index contributed by atoms with van der Waals surface area (Å²) in [6, 6.07) is 0. The van der Waals surface area contributed by atoms with Gasteiger partial charge in [-0.05, 0) is 69.9 Å². The van der Waals surface area contributed by atoms with E-state index in [1.807, 2.05) is 33.3 Å². The van der Waals surface area contributed by atoms with E-state index in [9.17, 15) is 34.1 Å². The molecule has 0 radical (unpaired) electrons. The molecule has 0 spiro atoms.